The van der Waals surface area contributed by atoms with Crippen LogP contribution in [0.1, 0.15) is 56.4 Å². The SMILES string of the molecule is CCCCC(CC)(CBr)Cc1ncc(C)c(OC)c1C. The van der Waals surface area contributed by atoms with Crippen molar-refractivity contribution in [3.63, 3.8) is 0 Å². The number of pyridine rings is 1. The fourth-order valence-electron chi connectivity index (χ4n) is 2.76. The van der Waals surface area contributed by atoms with Crippen LogP contribution in [-0.4, -0.2) is 17.4 Å². The number of aryl methyl sites for hydroxylation is 1. The molecule has 1 heterocycles. The third kappa shape index (κ3) is 3.97. The highest BCUT2D eigenvalue weighted by molar-refractivity contribution is 9.09. The van der Waals surface area contributed by atoms with Crippen LogP contribution in [0.25, 0.3) is 0 Å². The maximum Gasteiger partial charge on any atom is 0.128 e. The van der Waals surface area contributed by atoms with E-state index < -0.39 is 0 Å². The predicted molar refractivity (Wildman–Crippen MR) is 90.0 cm³/mol. The van der Waals surface area contributed by atoms with Gasteiger partial charge in [-0.15, -0.1) is 0 Å². The molecule has 114 valence electrons. The molecular formula is C17H28BrNO. The summed E-state index contributed by atoms with van der Waals surface area (Å²) in [6.45, 7) is 8.73. The van der Waals surface area contributed by atoms with Crippen molar-refractivity contribution in [2.45, 2.75) is 59.8 Å². The zero-order valence-corrected chi connectivity index (χ0v) is 15.1. The average molecular weight is 342 g/mol. The summed E-state index contributed by atoms with van der Waals surface area (Å²) in [5.41, 5.74) is 3.81. The van der Waals surface area contributed by atoms with Crippen molar-refractivity contribution in [1.29, 1.82) is 0 Å². The summed E-state index contributed by atoms with van der Waals surface area (Å²) in [5.74, 6) is 0.991. The van der Waals surface area contributed by atoms with Gasteiger partial charge >= 0.3 is 0 Å². The van der Waals surface area contributed by atoms with Gasteiger partial charge in [-0.25, -0.2) is 0 Å². The van der Waals surface area contributed by atoms with E-state index in [1.54, 1.807) is 7.11 Å². The minimum Gasteiger partial charge on any atom is -0.496 e. The van der Waals surface area contributed by atoms with Gasteiger partial charge in [-0.1, -0.05) is 42.6 Å². The Bertz CT molecular complexity index is 427. The number of hydrogen-bond acceptors (Lipinski definition) is 2. The van der Waals surface area contributed by atoms with Crippen molar-refractivity contribution in [1.82, 2.24) is 4.98 Å². The number of ether oxygens (including phenoxy) is 1. The van der Waals surface area contributed by atoms with E-state index in [9.17, 15) is 0 Å². The number of methoxy groups -OCH3 is 1. The lowest BCUT2D eigenvalue weighted by atomic mass is 9.77. The molecule has 3 heteroatoms. The van der Waals surface area contributed by atoms with Crippen LogP contribution in [0, 0.1) is 19.3 Å². The molecule has 0 bridgehead atoms. The van der Waals surface area contributed by atoms with Crippen LogP contribution in [-0.2, 0) is 6.42 Å². The van der Waals surface area contributed by atoms with E-state index >= 15 is 0 Å². The lowest BCUT2D eigenvalue weighted by Crippen LogP contribution is -2.26. The van der Waals surface area contributed by atoms with E-state index in [-0.39, 0.29) is 0 Å². The molecule has 1 atom stereocenters. The van der Waals surface area contributed by atoms with Gasteiger partial charge in [0, 0.05) is 28.3 Å². The minimum absolute atomic E-state index is 0.314. The number of alkyl halides is 1. The molecule has 0 saturated carbocycles. The molecular weight excluding hydrogens is 314 g/mol. The highest BCUT2D eigenvalue weighted by Crippen LogP contribution is 2.37. The molecule has 0 radical (unpaired) electrons. The Labute approximate surface area is 132 Å². The first-order valence-corrected chi connectivity index (χ1v) is 8.70. The fraction of sp³-hybridized carbons (Fsp3) is 0.706. The zero-order chi connectivity index (χ0) is 15.2. The Morgan fingerprint density at radius 1 is 1.30 bits per heavy atom. The molecule has 1 aromatic rings. The number of unbranched alkanes of at least 4 members (excludes halogenated alkanes) is 1. The van der Waals surface area contributed by atoms with Gasteiger partial charge < -0.3 is 4.74 Å². The molecule has 1 unspecified atom stereocenters. The van der Waals surface area contributed by atoms with Crippen LogP contribution in [0.15, 0.2) is 6.20 Å². The first-order chi connectivity index (χ1) is 9.53. The van der Waals surface area contributed by atoms with Gasteiger partial charge in [0.05, 0.1) is 7.11 Å². The van der Waals surface area contributed by atoms with Crippen LogP contribution in [0.4, 0.5) is 0 Å². The van der Waals surface area contributed by atoms with Crippen molar-refractivity contribution < 1.29 is 4.74 Å². The van der Waals surface area contributed by atoms with E-state index in [1.165, 1.54) is 36.9 Å². The van der Waals surface area contributed by atoms with Crippen molar-refractivity contribution >= 4 is 15.9 Å². The first-order valence-electron chi connectivity index (χ1n) is 7.58. The lowest BCUT2D eigenvalue weighted by Gasteiger charge is -2.31. The van der Waals surface area contributed by atoms with Gasteiger partial charge in [0.25, 0.3) is 0 Å². The summed E-state index contributed by atoms with van der Waals surface area (Å²) in [5, 5.41) is 1.04. The zero-order valence-electron chi connectivity index (χ0n) is 13.6. The van der Waals surface area contributed by atoms with Crippen LogP contribution < -0.4 is 4.74 Å². The maximum atomic E-state index is 5.53. The molecule has 0 aromatic carbocycles. The molecule has 0 N–H and O–H groups in total. The standard InChI is InChI=1S/C17H28BrNO/c1-6-8-9-17(7-2,12-18)10-15-14(4)16(20-5)13(3)11-19-15/h11H,6-10,12H2,1-5H3. The van der Waals surface area contributed by atoms with Crippen molar-refractivity contribution in [2.75, 3.05) is 12.4 Å². The van der Waals surface area contributed by atoms with Crippen LogP contribution in [0.5, 0.6) is 5.75 Å². The molecule has 0 aliphatic rings. The summed E-state index contributed by atoms with van der Waals surface area (Å²) >= 11 is 3.74. The molecule has 0 fully saturated rings. The summed E-state index contributed by atoms with van der Waals surface area (Å²) in [6, 6.07) is 0. The van der Waals surface area contributed by atoms with Gasteiger partial charge in [0.2, 0.25) is 0 Å². The summed E-state index contributed by atoms with van der Waals surface area (Å²) in [4.78, 5) is 4.67. The molecule has 0 saturated heterocycles. The monoisotopic (exact) mass is 341 g/mol. The van der Waals surface area contributed by atoms with E-state index in [0.717, 1.165) is 23.1 Å². The minimum atomic E-state index is 0.314. The van der Waals surface area contributed by atoms with Gasteiger partial charge in [-0.3, -0.25) is 4.98 Å². The summed E-state index contributed by atoms with van der Waals surface area (Å²) in [7, 11) is 1.74. The second-order valence-electron chi connectivity index (χ2n) is 5.81. The molecule has 1 rings (SSSR count). The highest BCUT2D eigenvalue weighted by atomic mass is 79.9. The number of rotatable bonds is 8. The van der Waals surface area contributed by atoms with Gasteiger partial charge in [0.1, 0.15) is 5.75 Å². The maximum absolute atomic E-state index is 5.53. The van der Waals surface area contributed by atoms with Crippen LogP contribution in [0.3, 0.4) is 0 Å². The summed E-state index contributed by atoms with van der Waals surface area (Å²) in [6.07, 6.45) is 7.92. The van der Waals surface area contributed by atoms with Gasteiger partial charge in [-0.05, 0) is 38.5 Å². The molecule has 0 aliphatic carbocycles. The predicted octanol–water partition coefficient (Wildman–Crippen LogP) is 5.23. The number of halogens is 1. The van der Waals surface area contributed by atoms with Crippen LogP contribution in [0.2, 0.25) is 0 Å². The molecule has 0 amide bonds. The van der Waals surface area contributed by atoms with Gasteiger partial charge in [-0.2, -0.15) is 0 Å². The second kappa shape index (κ2) is 8.02. The molecule has 0 spiro atoms. The topological polar surface area (TPSA) is 22.1 Å². The Balaban J connectivity index is 3.05. The Kier molecular flexibility index (Phi) is 7.01. The van der Waals surface area contributed by atoms with Crippen LogP contribution >= 0.6 is 15.9 Å². The molecule has 20 heavy (non-hydrogen) atoms. The van der Waals surface area contributed by atoms with E-state index in [0.29, 0.717) is 5.41 Å². The van der Waals surface area contributed by atoms with Crippen molar-refractivity contribution in [3.8, 4) is 5.75 Å². The largest absolute Gasteiger partial charge is 0.496 e. The first kappa shape index (κ1) is 17.5. The third-order valence-electron chi connectivity index (χ3n) is 4.39. The van der Waals surface area contributed by atoms with E-state index in [1.807, 2.05) is 6.20 Å². The van der Waals surface area contributed by atoms with E-state index in [2.05, 4.69) is 48.6 Å². The number of aromatic nitrogens is 1. The quantitative estimate of drug-likeness (QED) is 0.604. The third-order valence-corrected chi connectivity index (χ3v) is 5.58. The smallest absolute Gasteiger partial charge is 0.128 e. The lowest BCUT2D eigenvalue weighted by molar-refractivity contribution is 0.280. The fourth-order valence-corrected chi connectivity index (χ4v) is 3.63. The number of hydrogen-bond donors (Lipinski definition) is 0. The molecule has 0 aliphatic heterocycles. The van der Waals surface area contributed by atoms with Crippen molar-refractivity contribution in [2.24, 2.45) is 5.41 Å². The average Bonchev–Trinajstić information content (AvgIpc) is 2.47. The summed E-state index contributed by atoms with van der Waals surface area (Å²) < 4.78 is 5.53. The second-order valence-corrected chi connectivity index (χ2v) is 6.37. The van der Waals surface area contributed by atoms with E-state index in [4.69, 9.17) is 4.74 Å². The number of nitrogens with zero attached hydrogens (tertiary/aromatic N) is 1. The Morgan fingerprint density at radius 2 is 2.00 bits per heavy atom. The Morgan fingerprint density at radius 3 is 2.50 bits per heavy atom. The molecule has 1 aromatic heterocycles. The van der Waals surface area contributed by atoms with Gasteiger partial charge in [0.15, 0.2) is 0 Å². The van der Waals surface area contributed by atoms with Crippen molar-refractivity contribution in [3.05, 3.63) is 23.0 Å². The molecule has 2 nitrogen and oxygen atoms in total. The normalized spacial score (nSPS) is 14.1. The highest BCUT2D eigenvalue weighted by Gasteiger charge is 2.28. The Hall–Kier alpha value is -0.570.